The van der Waals surface area contributed by atoms with Gasteiger partial charge in [0.2, 0.25) is 0 Å². The summed E-state index contributed by atoms with van der Waals surface area (Å²) in [6.45, 7) is 4.29. The Kier molecular flexibility index (Phi) is 5.05. The van der Waals surface area contributed by atoms with E-state index in [1.807, 2.05) is 24.2 Å². The molecular formula is C12H23N5S. The first-order valence-corrected chi connectivity index (χ1v) is 7.68. The lowest BCUT2D eigenvalue weighted by molar-refractivity contribution is 0.208. The van der Waals surface area contributed by atoms with Crippen molar-refractivity contribution in [2.75, 3.05) is 25.1 Å². The number of nitrogens with zero attached hydrogens (tertiary/aromatic N) is 3. The summed E-state index contributed by atoms with van der Waals surface area (Å²) < 4.78 is 2.21. The van der Waals surface area contributed by atoms with E-state index in [9.17, 15) is 0 Å². The van der Waals surface area contributed by atoms with E-state index in [1.165, 1.54) is 5.75 Å². The van der Waals surface area contributed by atoms with Crippen LogP contribution in [0.1, 0.15) is 25.2 Å². The number of nitrogens with two attached hydrogens (primary N) is 1. The molecule has 5 nitrogen and oxygen atoms in total. The van der Waals surface area contributed by atoms with E-state index >= 15 is 0 Å². The number of aryl methyl sites for hydroxylation is 1. The predicted octanol–water partition coefficient (Wildman–Crippen LogP) is 0.845. The Bertz CT molecular complexity index is 367. The first-order chi connectivity index (χ1) is 8.77. The first-order valence-electron chi connectivity index (χ1n) is 6.53. The van der Waals surface area contributed by atoms with Crippen molar-refractivity contribution in [2.45, 2.75) is 32.0 Å². The summed E-state index contributed by atoms with van der Waals surface area (Å²) >= 11 is 1.99. The van der Waals surface area contributed by atoms with Gasteiger partial charge in [0.25, 0.3) is 0 Å². The predicted molar refractivity (Wildman–Crippen MR) is 76.3 cm³/mol. The highest BCUT2D eigenvalue weighted by Crippen LogP contribution is 2.25. The second-order valence-corrected chi connectivity index (χ2v) is 5.90. The zero-order valence-corrected chi connectivity index (χ0v) is 12.0. The molecule has 2 unspecified atom stereocenters. The zero-order chi connectivity index (χ0) is 13.0. The smallest absolute Gasteiger partial charge is 0.128 e. The zero-order valence-electron chi connectivity index (χ0n) is 11.2. The minimum atomic E-state index is 0.101. The lowest BCUT2D eigenvalue weighted by Crippen LogP contribution is -2.50. The highest BCUT2D eigenvalue weighted by Gasteiger charge is 2.31. The lowest BCUT2D eigenvalue weighted by atomic mass is 10.1. The summed E-state index contributed by atoms with van der Waals surface area (Å²) in [5, 5.41) is 0. The van der Waals surface area contributed by atoms with Gasteiger partial charge in [-0.3, -0.25) is 10.7 Å². The first kappa shape index (κ1) is 13.9. The molecule has 1 fully saturated rings. The molecule has 1 saturated heterocycles. The van der Waals surface area contributed by atoms with E-state index in [0.717, 1.165) is 31.1 Å². The number of nitrogens with one attached hydrogen (secondary N) is 1. The molecule has 102 valence electrons. The Morgan fingerprint density at radius 2 is 2.50 bits per heavy atom. The lowest BCUT2D eigenvalue weighted by Gasteiger charge is -2.37. The number of likely N-dealkylation sites (N-methyl/N-ethyl adjacent to an activating group) is 1. The van der Waals surface area contributed by atoms with Crippen LogP contribution in [0.25, 0.3) is 0 Å². The van der Waals surface area contributed by atoms with Crippen LogP contribution in [-0.4, -0.2) is 45.6 Å². The van der Waals surface area contributed by atoms with Crippen molar-refractivity contribution in [1.29, 1.82) is 0 Å². The Morgan fingerprint density at radius 3 is 3.17 bits per heavy atom. The highest BCUT2D eigenvalue weighted by atomic mass is 32.2. The van der Waals surface area contributed by atoms with Gasteiger partial charge in [-0.25, -0.2) is 10.4 Å². The summed E-state index contributed by atoms with van der Waals surface area (Å²) in [5.74, 6) is 9.14. The molecule has 0 aliphatic carbocycles. The van der Waals surface area contributed by atoms with E-state index in [4.69, 9.17) is 5.84 Å². The van der Waals surface area contributed by atoms with Gasteiger partial charge in [0.1, 0.15) is 5.82 Å². The third kappa shape index (κ3) is 2.88. The van der Waals surface area contributed by atoms with Crippen LogP contribution in [0.5, 0.6) is 0 Å². The van der Waals surface area contributed by atoms with Crippen molar-refractivity contribution in [3.05, 3.63) is 18.2 Å². The molecule has 1 aromatic rings. The minimum Gasteiger partial charge on any atom is -0.334 e. The molecule has 1 aromatic heterocycles. The molecule has 0 radical (unpaired) electrons. The molecule has 0 saturated carbocycles. The fourth-order valence-corrected chi connectivity index (χ4v) is 3.72. The monoisotopic (exact) mass is 269 g/mol. The van der Waals surface area contributed by atoms with Gasteiger partial charge in [0, 0.05) is 43.0 Å². The maximum Gasteiger partial charge on any atom is 0.128 e. The summed E-state index contributed by atoms with van der Waals surface area (Å²) in [6, 6.07) is 0.510. The van der Waals surface area contributed by atoms with Crippen LogP contribution in [0, 0.1) is 0 Å². The normalized spacial score (nSPS) is 23.2. The Hall–Kier alpha value is -0.560. The van der Waals surface area contributed by atoms with Crippen LogP contribution >= 0.6 is 11.8 Å². The van der Waals surface area contributed by atoms with Crippen LogP contribution in [0.15, 0.2) is 12.4 Å². The molecule has 0 bridgehead atoms. The van der Waals surface area contributed by atoms with Crippen molar-refractivity contribution < 1.29 is 0 Å². The summed E-state index contributed by atoms with van der Waals surface area (Å²) in [7, 11) is 2.17. The molecule has 1 aliphatic heterocycles. The van der Waals surface area contributed by atoms with Gasteiger partial charge in [-0.1, -0.05) is 6.92 Å². The van der Waals surface area contributed by atoms with Gasteiger partial charge in [-0.05, 0) is 13.5 Å². The Balaban J connectivity index is 2.18. The van der Waals surface area contributed by atoms with Gasteiger partial charge in [0.05, 0.1) is 6.04 Å². The molecule has 0 aromatic carbocycles. The summed E-state index contributed by atoms with van der Waals surface area (Å²) in [4.78, 5) is 6.88. The molecule has 0 spiro atoms. The molecule has 2 heterocycles. The largest absolute Gasteiger partial charge is 0.334 e. The van der Waals surface area contributed by atoms with E-state index in [1.54, 1.807) is 0 Å². The van der Waals surface area contributed by atoms with E-state index in [2.05, 4.69) is 33.8 Å². The average molecular weight is 269 g/mol. The standard InChI is InChI=1S/C12H23N5S/c1-3-5-17-6-4-14-12(17)11(15-13)10-9-18-8-7-16(10)2/h4,6,10-11,15H,3,5,7-9,13H2,1-2H3. The van der Waals surface area contributed by atoms with Crippen molar-refractivity contribution in [3.8, 4) is 0 Å². The van der Waals surface area contributed by atoms with Crippen molar-refractivity contribution in [2.24, 2.45) is 5.84 Å². The SMILES string of the molecule is CCCn1ccnc1C(NN)C1CSCCN1C. The average Bonchev–Trinajstić information content (AvgIpc) is 2.82. The number of aromatic nitrogens is 2. The second-order valence-electron chi connectivity index (χ2n) is 4.75. The minimum absolute atomic E-state index is 0.101. The van der Waals surface area contributed by atoms with Crippen LogP contribution in [-0.2, 0) is 6.54 Å². The van der Waals surface area contributed by atoms with E-state index < -0.39 is 0 Å². The number of thioether (sulfide) groups is 1. The molecule has 2 rings (SSSR count). The second kappa shape index (κ2) is 6.56. The molecule has 1 aliphatic rings. The molecule has 18 heavy (non-hydrogen) atoms. The quantitative estimate of drug-likeness (QED) is 0.613. The van der Waals surface area contributed by atoms with Crippen molar-refractivity contribution in [3.63, 3.8) is 0 Å². The number of rotatable bonds is 5. The summed E-state index contributed by atoms with van der Waals surface area (Å²) in [6.07, 6.45) is 5.01. The van der Waals surface area contributed by atoms with Crippen molar-refractivity contribution >= 4 is 11.8 Å². The van der Waals surface area contributed by atoms with Crippen LogP contribution < -0.4 is 11.3 Å². The fraction of sp³-hybridized carbons (Fsp3) is 0.750. The highest BCUT2D eigenvalue weighted by molar-refractivity contribution is 7.99. The van der Waals surface area contributed by atoms with Gasteiger partial charge < -0.3 is 4.57 Å². The van der Waals surface area contributed by atoms with Gasteiger partial charge in [-0.2, -0.15) is 11.8 Å². The summed E-state index contributed by atoms with van der Waals surface area (Å²) in [5.41, 5.74) is 2.97. The number of hydrazine groups is 1. The van der Waals surface area contributed by atoms with Crippen LogP contribution in [0.2, 0.25) is 0 Å². The van der Waals surface area contributed by atoms with Gasteiger partial charge in [-0.15, -0.1) is 0 Å². The molecule has 0 amide bonds. The van der Waals surface area contributed by atoms with Crippen molar-refractivity contribution in [1.82, 2.24) is 19.9 Å². The fourth-order valence-electron chi connectivity index (χ4n) is 2.44. The Labute approximate surface area is 113 Å². The number of hydrogen-bond acceptors (Lipinski definition) is 5. The maximum absolute atomic E-state index is 5.78. The van der Waals surface area contributed by atoms with Gasteiger partial charge in [0.15, 0.2) is 0 Å². The Morgan fingerprint density at radius 1 is 1.67 bits per heavy atom. The van der Waals surface area contributed by atoms with Gasteiger partial charge >= 0.3 is 0 Å². The topological polar surface area (TPSA) is 59.1 Å². The van der Waals surface area contributed by atoms with E-state index in [0.29, 0.717) is 6.04 Å². The number of imidazole rings is 1. The molecule has 3 N–H and O–H groups in total. The van der Waals surface area contributed by atoms with E-state index in [-0.39, 0.29) is 6.04 Å². The third-order valence-electron chi connectivity index (χ3n) is 3.50. The third-order valence-corrected chi connectivity index (χ3v) is 4.55. The van der Waals surface area contributed by atoms with Crippen LogP contribution in [0.4, 0.5) is 0 Å². The molecule has 2 atom stereocenters. The maximum atomic E-state index is 5.78. The number of hydrogen-bond donors (Lipinski definition) is 2. The molecule has 6 heteroatoms. The molecular weight excluding hydrogens is 246 g/mol. The van der Waals surface area contributed by atoms with Crippen LogP contribution in [0.3, 0.4) is 0 Å².